The third kappa shape index (κ3) is 3.69. The molecule has 0 radical (unpaired) electrons. The highest BCUT2D eigenvalue weighted by atomic mass is 31.2. The van der Waals surface area contributed by atoms with Gasteiger partial charge in [-0.3, -0.25) is 9.36 Å². The molecule has 0 aliphatic carbocycles. The fourth-order valence-electron chi connectivity index (χ4n) is 2.75. The lowest BCUT2D eigenvalue weighted by Gasteiger charge is -2.18. The minimum Gasteiger partial charge on any atom is -0.388 e. The lowest BCUT2D eigenvalue weighted by molar-refractivity contribution is 0.00476. The highest BCUT2D eigenvalue weighted by molar-refractivity contribution is 7.72. The Morgan fingerprint density at radius 2 is 1.87 bits per heavy atom. The summed E-state index contributed by atoms with van der Waals surface area (Å²) in [6.07, 6.45) is 3.14. The molecule has 23 heavy (non-hydrogen) atoms. The predicted molar refractivity (Wildman–Crippen MR) is 91.9 cm³/mol. The van der Waals surface area contributed by atoms with Crippen LogP contribution in [-0.4, -0.2) is 63.5 Å². The molecule has 0 saturated carbocycles. The van der Waals surface area contributed by atoms with Gasteiger partial charge < -0.3 is 19.5 Å². The van der Waals surface area contributed by atoms with Crippen molar-refractivity contribution in [3.63, 3.8) is 0 Å². The van der Waals surface area contributed by atoms with E-state index >= 15 is 0 Å². The van der Waals surface area contributed by atoms with Gasteiger partial charge in [0.1, 0.15) is 18.3 Å². The summed E-state index contributed by atoms with van der Waals surface area (Å²) in [5, 5.41) is 20.5. The first-order chi connectivity index (χ1) is 10.5. The number of nitrogens with zero attached hydrogens (tertiary/aromatic N) is 2. The molecular formula is C15H25N2O5P. The molecule has 0 spiro atoms. The molecule has 1 aliphatic rings. The van der Waals surface area contributed by atoms with Crippen LogP contribution in [0.25, 0.3) is 0 Å². The Morgan fingerprint density at radius 3 is 2.43 bits per heavy atom. The van der Waals surface area contributed by atoms with Gasteiger partial charge in [0, 0.05) is 20.3 Å². The number of rotatable bonds is 4. The van der Waals surface area contributed by atoms with Crippen molar-refractivity contribution in [3.8, 4) is 0 Å². The van der Waals surface area contributed by atoms with E-state index in [0.29, 0.717) is 6.42 Å². The Hall–Kier alpha value is -1.14. The van der Waals surface area contributed by atoms with Crippen molar-refractivity contribution in [2.24, 2.45) is 14.1 Å². The maximum Gasteiger partial charge on any atom is 0.330 e. The average Bonchev–Trinajstić information content (AvgIpc) is 2.74. The Balaban J connectivity index is 2.30. The summed E-state index contributed by atoms with van der Waals surface area (Å²) in [6, 6.07) is 0. The average molecular weight is 344 g/mol. The van der Waals surface area contributed by atoms with E-state index < -0.39 is 42.6 Å². The lowest BCUT2D eigenvalue weighted by atomic mass is 10.0. The Bertz CT molecular complexity index is 747. The van der Waals surface area contributed by atoms with Crippen LogP contribution in [0, 0.1) is 0 Å². The smallest absolute Gasteiger partial charge is 0.330 e. The standard InChI is InChI=1S/C15H25N2O5P/c1-16-8-9(14(20)17(2)15(16)21)13-12(19)11(18)10(22-13)6-7-23(3,4)5/h8,10-13,18-19H,3,6-7H2,1-2,4-5H3/t10-,11-,12-,13+/m1/s1. The van der Waals surface area contributed by atoms with Crippen LogP contribution in [0.15, 0.2) is 15.8 Å². The van der Waals surface area contributed by atoms with Crippen LogP contribution in [-0.2, 0) is 18.8 Å². The second-order valence-corrected chi connectivity index (χ2v) is 11.2. The van der Waals surface area contributed by atoms with Crippen molar-refractivity contribution in [2.45, 2.75) is 30.8 Å². The largest absolute Gasteiger partial charge is 0.388 e. The molecule has 7 nitrogen and oxygen atoms in total. The van der Waals surface area contributed by atoms with Crippen LogP contribution in [0.4, 0.5) is 0 Å². The summed E-state index contributed by atoms with van der Waals surface area (Å²) >= 11 is 0. The van der Waals surface area contributed by atoms with Crippen LogP contribution in [0.5, 0.6) is 0 Å². The summed E-state index contributed by atoms with van der Waals surface area (Å²) in [5.41, 5.74) is -0.797. The van der Waals surface area contributed by atoms with Crippen molar-refractivity contribution in [1.82, 2.24) is 9.13 Å². The first-order valence-electron chi connectivity index (χ1n) is 7.48. The predicted octanol–water partition coefficient (Wildman–Crippen LogP) is -0.655. The zero-order chi connectivity index (χ0) is 17.5. The van der Waals surface area contributed by atoms with E-state index in [1.807, 2.05) is 0 Å². The van der Waals surface area contributed by atoms with Gasteiger partial charge in [0.2, 0.25) is 0 Å². The number of aliphatic hydroxyl groups excluding tert-OH is 2. The minimum absolute atomic E-state index is 0.173. The molecule has 1 aromatic rings. The van der Waals surface area contributed by atoms with Crippen LogP contribution in [0.2, 0.25) is 0 Å². The summed E-state index contributed by atoms with van der Waals surface area (Å²) in [6.45, 7) is 2.90. The maximum absolute atomic E-state index is 12.3. The topological polar surface area (TPSA) is 93.7 Å². The molecule has 1 fully saturated rings. The van der Waals surface area contributed by atoms with Crippen molar-refractivity contribution >= 4 is 13.2 Å². The third-order valence-corrected chi connectivity index (χ3v) is 5.63. The Morgan fingerprint density at radius 1 is 1.26 bits per heavy atom. The zero-order valence-electron chi connectivity index (χ0n) is 14.0. The first-order valence-corrected chi connectivity index (χ1v) is 10.5. The van der Waals surface area contributed by atoms with Crippen molar-refractivity contribution in [2.75, 3.05) is 19.5 Å². The van der Waals surface area contributed by atoms with Crippen molar-refractivity contribution in [1.29, 1.82) is 0 Å². The SMILES string of the molecule is C=P(C)(C)CC[C@H]1O[C@@H](c2cn(C)c(=O)n(C)c2=O)[C@H](O)[C@@H]1O. The van der Waals surface area contributed by atoms with Gasteiger partial charge in [0.05, 0.1) is 11.7 Å². The minimum atomic E-state index is -1.27. The van der Waals surface area contributed by atoms with Crippen LogP contribution >= 0.6 is 6.89 Å². The number of hydrogen-bond acceptors (Lipinski definition) is 5. The van der Waals surface area contributed by atoms with E-state index in [1.54, 1.807) is 0 Å². The summed E-state index contributed by atoms with van der Waals surface area (Å²) in [5.74, 6) is 0. The first kappa shape index (κ1) is 18.2. The van der Waals surface area contributed by atoms with E-state index in [9.17, 15) is 19.8 Å². The number of hydrogen-bond donors (Lipinski definition) is 2. The molecule has 0 aromatic carbocycles. The number of ether oxygens (including phenoxy) is 1. The number of aromatic nitrogens is 2. The van der Waals surface area contributed by atoms with Gasteiger partial charge >= 0.3 is 5.69 Å². The number of aryl methyl sites for hydroxylation is 1. The van der Waals surface area contributed by atoms with Crippen molar-refractivity contribution in [3.05, 3.63) is 32.6 Å². The second kappa shape index (κ2) is 6.40. The van der Waals surface area contributed by atoms with E-state index in [4.69, 9.17) is 4.74 Å². The monoisotopic (exact) mass is 344 g/mol. The summed E-state index contributed by atoms with van der Waals surface area (Å²) in [7, 11) is 2.90. The van der Waals surface area contributed by atoms with Crippen LogP contribution in [0.1, 0.15) is 18.1 Å². The fraction of sp³-hybridized carbons (Fsp3) is 0.667. The van der Waals surface area contributed by atoms with Crippen LogP contribution in [0.3, 0.4) is 0 Å². The Kier molecular flexibility index (Phi) is 5.06. The highest BCUT2D eigenvalue weighted by Crippen LogP contribution is 2.40. The molecule has 4 atom stereocenters. The summed E-state index contributed by atoms with van der Waals surface area (Å²) in [4.78, 5) is 24.0. The van der Waals surface area contributed by atoms with E-state index in [0.717, 1.165) is 10.7 Å². The molecule has 2 N–H and O–H groups in total. The van der Waals surface area contributed by atoms with E-state index in [-0.39, 0.29) is 5.56 Å². The lowest BCUT2D eigenvalue weighted by Crippen LogP contribution is -2.40. The maximum atomic E-state index is 12.3. The molecular weight excluding hydrogens is 319 g/mol. The molecule has 8 heteroatoms. The molecule has 0 amide bonds. The van der Waals surface area contributed by atoms with Gasteiger partial charge in [-0.25, -0.2) is 4.79 Å². The molecule has 2 rings (SSSR count). The van der Waals surface area contributed by atoms with Gasteiger partial charge in [-0.2, -0.15) is 0 Å². The second-order valence-electron chi connectivity index (χ2n) is 6.87. The molecule has 1 saturated heterocycles. The molecule has 130 valence electrons. The molecule has 1 aliphatic heterocycles. The fourth-order valence-corrected chi connectivity index (χ4v) is 3.71. The van der Waals surface area contributed by atoms with Gasteiger partial charge in [-0.15, -0.1) is 13.2 Å². The van der Waals surface area contributed by atoms with E-state index in [1.165, 1.54) is 24.9 Å². The van der Waals surface area contributed by atoms with E-state index in [2.05, 4.69) is 19.6 Å². The third-order valence-electron chi connectivity index (χ3n) is 4.16. The molecule has 0 bridgehead atoms. The molecule has 2 heterocycles. The molecule has 0 unspecified atom stereocenters. The van der Waals surface area contributed by atoms with Crippen LogP contribution < -0.4 is 11.2 Å². The zero-order valence-corrected chi connectivity index (χ0v) is 14.9. The Labute approximate surface area is 135 Å². The summed E-state index contributed by atoms with van der Waals surface area (Å²) < 4.78 is 7.99. The van der Waals surface area contributed by atoms with Gasteiger partial charge in [-0.05, 0) is 25.9 Å². The van der Waals surface area contributed by atoms with Crippen molar-refractivity contribution < 1.29 is 14.9 Å². The normalized spacial score (nSPS) is 28.3. The van der Waals surface area contributed by atoms with Gasteiger partial charge in [-0.1, -0.05) is 0 Å². The van der Waals surface area contributed by atoms with Gasteiger partial charge in [0.15, 0.2) is 0 Å². The quantitative estimate of drug-likeness (QED) is 0.708. The van der Waals surface area contributed by atoms with Gasteiger partial charge in [0.25, 0.3) is 5.56 Å². The number of aliphatic hydroxyl groups is 2. The highest BCUT2D eigenvalue weighted by Gasteiger charge is 2.44. The molecule has 1 aromatic heterocycles.